The fraction of sp³-hybridized carbons (Fsp3) is 0.400. The van der Waals surface area contributed by atoms with Gasteiger partial charge in [0.2, 0.25) is 5.91 Å². The molecule has 5 heteroatoms. The predicted molar refractivity (Wildman–Crippen MR) is 66.9 cm³/mol. The standard InChI is InChI=1S/C10H14N2OS2/c1-7(8-4-3-5-15-8)12(2)10(13)6-9(11)14/h3-5,7H,6H2,1-2H3,(H2,11,14). The van der Waals surface area contributed by atoms with E-state index in [1.54, 1.807) is 23.3 Å². The average molecular weight is 242 g/mol. The summed E-state index contributed by atoms with van der Waals surface area (Å²) in [5.41, 5.74) is 5.34. The summed E-state index contributed by atoms with van der Waals surface area (Å²) < 4.78 is 0. The Morgan fingerprint density at radius 1 is 1.73 bits per heavy atom. The number of amides is 1. The van der Waals surface area contributed by atoms with Crippen LogP contribution in [0.1, 0.15) is 24.3 Å². The van der Waals surface area contributed by atoms with Crippen molar-refractivity contribution in [2.45, 2.75) is 19.4 Å². The number of thiophene rings is 1. The summed E-state index contributed by atoms with van der Waals surface area (Å²) in [5.74, 6) is -0.0385. The number of carbonyl (C=O) groups is 1. The van der Waals surface area contributed by atoms with Crippen LogP contribution in [0.2, 0.25) is 0 Å². The van der Waals surface area contributed by atoms with Gasteiger partial charge in [-0.05, 0) is 18.4 Å². The van der Waals surface area contributed by atoms with E-state index in [2.05, 4.69) is 0 Å². The van der Waals surface area contributed by atoms with Crippen molar-refractivity contribution in [3.63, 3.8) is 0 Å². The van der Waals surface area contributed by atoms with Gasteiger partial charge in [-0.25, -0.2) is 0 Å². The minimum Gasteiger partial charge on any atom is -0.393 e. The summed E-state index contributed by atoms with van der Waals surface area (Å²) in [7, 11) is 1.77. The number of hydrogen-bond donors (Lipinski definition) is 1. The molecule has 2 N–H and O–H groups in total. The molecule has 82 valence electrons. The van der Waals surface area contributed by atoms with E-state index < -0.39 is 0 Å². The first-order valence-corrected chi connectivity index (χ1v) is 5.88. The van der Waals surface area contributed by atoms with Gasteiger partial charge < -0.3 is 10.6 Å². The number of carbonyl (C=O) groups excluding carboxylic acids is 1. The van der Waals surface area contributed by atoms with Gasteiger partial charge in [0.1, 0.15) is 0 Å². The predicted octanol–water partition coefficient (Wildman–Crippen LogP) is 1.94. The highest BCUT2D eigenvalue weighted by molar-refractivity contribution is 7.80. The minimum absolute atomic E-state index is 0.0385. The Balaban J connectivity index is 2.64. The van der Waals surface area contributed by atoms with Crippen molar-refractivity contribution in [2.24, 2.45) is 5.73 Å². The Bertz CT molecular complexity index is 348. The first-order chi connectivity index (χ1) is 7.02. The zero-order valence-corrected chi connectivity index (χ0v) is 10.4. The molecule has 1 rings (SSSR count). The third kappa shape index (κ3) is 3.28. The fourth-order valence-electron chi connectivity index (χ4n) is 1.21. The molecule has 15 heavy (non-hydrogen) atoms. The van der Waals surface area contributed by atoms with Gasteiger partial charge in [-0.1, -0.05) is 18.3 Å². The van der Waals surface area contributed by atoms with Crippen molar-refractivity contribution in [1.29, 1.82) is 0 Å². The van der Waals surface area contributed by atoms with E-state index in [-0.39, 0.29) is 23.4 Å². The Morgan fingerprint density at radius 3 is 2.87 bits per heavy atom. The minimum atomic E-state index is -0.0385. The molecule has 0 aliphatic carbocycles. The molecule has 0 saturated heterocycles. The van der Waals surface area contributed by atoms with Gasteiger partial charge in [-0.15, -0.1) is 11.3 Å². The summed E-state index contributed by atoms with van der Waals surface area (Å²) in [4.78, 5) is 14.7. The summed E-state index contributed by atoms with van der Waals surface area (Å²) in [6, 6.07) is 4.06. The highest BCUT2D eigenvalue weighted by Gasteiger charge is 2.18. The smallest absolute Gasteiger partial charge is 0.229 e. The maximum absolute atomic E-state index is 11.7. The van der Waals surface area contributed by atoms with Gasteiger partial charge >= 0.3 is 0 Å². The summed E-state index contributed by atoms with van der Waals surface area (Å²) in [6.07, 6.45) is 0.140. The molecule has 0 bridgehead atoms. The summed E-state index contributed by atoms with van der Waals surface area (Å²) in [6.45, 7) is 1.99. The number of nitrogens with zero attached hydrogens (tertiary/aromatic N) is 1. The van der Waals surface area contributed by atoms with Crippen molar-refractivity contribution >= 4 is 34.5 Å². The SMILES string of the molecule is CC(c1cccs1)N(C)C(=O)CC(N)=S. The normalized spacial score (nSPS) is 12.1. The summed E-state index contributed by atoms with van der Waals surface area (Å²) >= 11 is 6.35. The molecule has 1 aromatic rings. The second-order valence-corrected chi connectivity index (χ2v) is 4.84. The van der Waals surface area contributed by atoms with Crippen LogP contribution in [0.25, 0.3) is 0 Å². The van der Waals surface area contributed by atoms with Crippen molar-refractivity contribution in [3.05, 3.63) is 22.4 Å². The van der Waals surface area contributed by atoms with E-state index >= 15 is 0 Å². The molecule has 0 aliphatic rings. The first kappa shape index (κ1) is 12.1. The molecular formula is C10H14N2OS2. The highest BCUT2D eigenvalue weighted by atomic mass is 32.1. The maximum atomic E-state index is 11.7. The van der Waals surface area contributed by atoms with Crippen molar-refractivity contribution < 1.29 is 4.79 Å². The Kier molecular flexibility index (Phi) is 4.23. The van der Waals surface area contributed by atoms with Crippen LogP contribution in [0.3, 0.4) is 0 Å². The lowest BCUT2D eigenvalue weighted by molar-refractivity contribution is -0.130. The van der Waals surface area contributed by atoms with E-state index in [0.717, 1.165) is 4.88 Å². The molecule has 1 amide bonds. The van der Waals surface area contributed by atoms with Gasteiger partial charge in [-0.2, -0.15) is 0 Å². The lowest BCUT2D eigenvalue weighted by Gasteiger charge is -2.23. The fourth-order valence-corrected chi connectivity index (χ4v) is 2.16. The molecule has 1 unspecified atom stereocenters. The first-order valence-electron chi connectivity index (χ1n) is 4.59. The Hall–Kier alpha value is -0.940. The van der Waals surface area contributed by atoms with Gasteiger partial charge in [0.15, 0.2) is 0 Å². The molecule has 0 radical (unpaired) electrons. The quantitative estimate of drug-likeness (QED) is 0.821. The van der Waals surface area contributed by atoms with Crippen molar-refractivity contribution in [1.82, 2.24) is 4.90 Å². The monoisotopic (exact) mass is 242 g/mol. The zero-order valence-electron chi connectivity index (χ0n) is 8.77. The summed E-state index contributed by atoms with van der Waals surface area (Å²) in [5, 5.41) is 2.00. The number of hydrogen-bond acceptors (Lipinski definition) is 3. The van der Waals surface area contributed by atoms with Crippen LogP contribution >= 0.6 is 23.6 Å². The molecule has 1 aromatic heterocycles. The van der Waals surface area contributed by atoms with Crippen LogP contribution in [0.4, 0.5) is 0 Å². The third-order valence-electron chi connectivity index (χ3n) is 2.25. The van der Waals surface area contributed by atoms with E-state index in [4.69, 9.17) is 18.0 Å². The molecule has 0 fully saturated rings. The second-order valence-electron chi connectivity index (χ2n) is 3.34. The topological polar surface area (TPSA) is 46.3 Å². The lowest BCUT2D eigenvalue weighted by atomic mass is 10.2. The molecular weight excluding hydrogens is 228 g/mol. The Labute approximate surface area is 98.9 Å². The van der Waals surface area contributed by atoms with E-state index in [1.165, 1.54) is 0 Å². The molecule has 0 aliphatic heterocycles. The molecule has 1 atom stereocenters. The van der Waals surface area contributed by atoms with Crippen LogP contribution in [-0.4, -0.2) is 22.8 Å². The molecule has 0 spiro atoms. The van der Waals surface area contributed by atoms with Gasteiger partial charge in [0.25, 0.3) is 0 Å². The zero-order chi connectivity index (χ0) is 11.4. The van der Waals surface area contributed by atoms with Crippen LogP contribution in [-0.2, 0) is 4.79 Å². The van der Waals surface area contributed by atoms with E-state index in [1.807, 2.05) is 24.4 Å². The van der Waals surface area contributed by atoms with Crippen LogP contribution in [0.5, 0.6) is 0 Å². The van der Waals surface area contributed by atoms with Gasteiger partial charge in [0, 0.05) is 11.9 Å². The Morgan fingerprint density at radius 2 is 2.40 bits per heavy atom. The maximum Gasteiger partial charge on any atom is 0.229 e. The number of nitrogens with two attached hydrogens (primary N) is 1. The average Bonchev–Trinajstić information content (AvgIpc) is 2.67. The van der Waals surface area contributed by atoms with Gasteiger partial charge in [0.05, 0.1) is 17.5 Å². The third-order valence-corrected chi connectivity index (χ3v) is 3.44. The van der Waals surface area contributed by atoms with Crippen LogP contribution in [0.15, 0.2) is 17.5 Å². The van der Waals surface area contributed by atoms with Crippen molar-refractivity contribution in [2.75, 3.05) is 7.05 Å². The van der Waals surface area contributed by atoms with Crippen LogP contribution in [0, 0.1) is 0 Å². The van der Waals surface area contributed by atoms with E-state index in [9.17, 15) is 4.79 Å². The second kappa shape index (κ2) is 5.23. The van der Waals surface area contributed by atoms with Crippen molar-refractivity contribution in [3.8, 4) is 0 Å². The van der Waals surface area contributed by atoms with E-state index in [0.29, 0.717) is 0 Å². The molecule has 0 saturated carbocycles. The highest BCUT2D eigenvalue weighted by Crippen LogP contribution is 2.23. The largest absolute Gasteiger partial charge is 0.393 e. The van der Waals surface area contributed by atoms with Crippen LogP contribution < -0.4 is 5.73 Å². The number of thiocarbonyl (C=S) groups is 1. The number of rotatable bonds is 4. The molecule has 1 heterocycles. The van der Waals surface area contributed by atoms with Gasteiger partial charge in [-0.3, -0.25) is 4.79 Å². The lowest BCUT2D eigenvalue weighted by Crippen LogP contribution is -2.32. The molecule has 3 nitrogen and oxygen atoms in total. The molecule has 0 aromatic carbocycles.